The molecule has 1 aliphatic heterocycles. The lowest BCUT2D eigenvalue weighted by Gasteiger charge is -2.25. The minimum Gasteiger partial charge on any atom is -0.464 e. The zero-order valence-electron chi connectivity index (χ0n) is 16.2. The summed E-state index contributed by atoms with van der Waals surface area (Å²) in [5, 5.41) is 0. The van der Waals surface area contributed by atoms with E-state index < -0.39 is 0 Å². The van der Waals surface area contributed by atoms with Crippen LogP contribution in [0.15, 0.2) is 52.9 Å². The molecule has 1 aromatic carbocycles. The van der Waals surface area contributed by atoms with E-state index in [-0.39, 0.29) is 5.91 Å². The first-order valence-corrected chi connectivity index (χ1v) is 10.3. The summed E-state index contributed by atoms with van der Waals surface area (Å²) in [5.41, 5.74) is 2.29. The highest BCUT2D eigenvalue weighted by molar-refractivity contribution is 7.14. The van der Waals surface area contributed by atoms with Gasteiger partial charge in [-0.25, -0.2) is 0 Å². The van der Waals surface area contributed by atoms with E-state index in [1.165, 1.54) is 0 Å². The predicted octanol–water partition coefficient (Wildman–Crippen LogP) is 4.77. The van der Waals surface area contributed by atoms with E-state index in [0.29, 0.717) is 13.1 Å². The van der Waals surface area contributed by atoms with E-state index in [0.717, 1.165) is 45.4 Å². The normalized spacial score (nSPS) is 14.0. The molecule has 0 radical (unpaired) electrons. The van der Waals surface area contributed by atoms with Crippen molar-refractivity contribution < 1.29 is 9.21 Å². The fourth-order valence-corrected chi connectivity index (χ4v) is 4.29. The van der Waals surface area contributed by atoms with Gasteiger partial charge in [-0.3, -0.25) is 4.79 Å². The van der Waals surface area contributed by atoms with Crippen LogP contribution in [0.2, 0.25) is 0 Å². The summed E-state index contributed by atoms with van der Waals surface area (Å²) in [4.78, 5) is 18.8. The summed E-state index contributed by atoms with van der Waals surface area (Å²) in [5.74, 6) is 2.10. The Morgan fingerprint density at radius 3 is 2.79 bits per heavy atom. The van der Waals surface area contributed by atoms with E-state index in [4.69, 9.17) is 4.42 Å². The number of hydrogen-bond donors (Lipinski definition) is 0. The Labute approximate surface area is 169 Å². The molecular formula is C23H24N2O2S. The number of hydrogen-bond acceptors (Lipinski definition) is 4. The Hall–Kier alpha value is -2.63. The summed E-state index contributed by atoms with van der Waals surface area (Å²) >= 11 is 1.54. The van der Waals surface area contributed by atoms with Gasteiger partial charge in [0, 0.05) is 30.0 Å². The van der Waals surface area contributed by atoms with Crippen LogP contribution >= 0.6 is 11.3 Å². The smallest absolute Gasteiger partial charge is 0.264 e. The number of rotatable bonds is 5. The molecule has 1 amide bonds. The largest absolute Gasteiger partial charge is 0.464 e. The first-order chi connectivity index (χ1) is 13.6. The molecule has 144 valence electrons. The van der Waals surface area contributed by atoms with Crippen LogP contribution < -0.4 is 0 Å². The average Bonchev–Trinajstić information content (AvgIpc) is 3.32. The number of furan rings is 1. The second-order valence-electron chi connectivity index (χ2n) is 7.32. The maximum Gasteiger partial charge on any atom is 0.264 e. The lowest BCUT2D eigenvalue weighted by molar-refractivity contribution is 0.0734. The predicted molar refractivity (Wildman–Crippen MR) is 114 cm³/mol. The van der Waals surface area contributed by atoms with Crippen molar-refractivity contribution in [1.29, 1.82) is 0 Å². The molecule has 4 rings (SSSR count). The zero-order chi connectivity index (χ0) is 19.5. The average molecular weight is 393 g/mol. The summed E-state index contributed by atoms with van der Waals surface area (Å²) in [6.45, 7) is 2.11. The van der Waals surface area contributed by atoms with Gasteiger partial charge in [0.15, 0.2) is 0 Å². The molecule has 1 aliphatic rings. The van der Waals surface area contributed by atoms with Crippen molar-refractivity contribution in [3.8, 4) is 0 Å². The third kappa shape index (κ3) is 4.26. The fraction of sp³-hybridized carbons (Fsp3) is 0.261. The van der Waals surface area contributed by atoms with E-state index in [1.807, 2.05) is 49.3 Å². The van der Waals surface area contributed by atoms with Gasteiger partial charge in [0.1, 0.15) is 11.5 Å². The summed E-state index contributed by atoms with van der Waals surface area (Å²) < 4.78 is 5.94. The Kier molecular flexibility index (Phi) is 5.46. The van der Waals surface area contributed by atoms with E-state index >= 15 is 0 Å². The van der Waals surface area contributed by atoms with Gasteiger partial charge in [-0.1, -0.05) is 36.4 Å². The van der Waals surface area contributed by atoms with Crippen LogP contribution in [-0.2, 0) is 19.5 Å². The van der Waals surface area contributed by atoms with Crippen LogP contribution in [-0.4, -0.2) is 36.3 Å². The molecule has 5 heteroatoms. The van der Waals surface area contributed by atoms with Crippen LogP contribution in [0.1, 0.15) is 37.2 Å². The van der Waals surface area contributed by atoms with Crippen molar-refractivity contribution in [1.82, 2.24) is 9.80 Å². The molecule has 3 aromatic rings. The maximum atomic E-state index is 13.0. The van der Waals surface area contributed by atoms with Gasteiger partial charge in [-0.2, -0.15) is 0 Å². The lowest BCUT2D eigenvalue weighted by Crippen LogP contribution is -2.35. The summed E-state index contributed by atoms with van der Waals surface area (Å²) in [7, 11) is 4.05. The van der Waals surface area contributed by atoms with Gasteiger partial charge in [-0.05, 0) is 43.9 Å². The number of fused-ring (bicyclic) bond motifs is 1. The van der Waals surface area contributed by atoms with Crippen molar-refractivity contribution >= 4 is 29.4 Å². The van der Waals surface area contributed by atoms with Crippen LogP contribution in [0, 0.1) is 0 Å². The summed E-state index contributed by atoms with van der Waals surface area (Å²) in [6.07, 6.45) is 4.92. The zero-order valence-corrected chi connectivity index (χ0v) is 17.0. The lowest BCUT2D eigenvalue weighted by atomic mass is 10.1. The summed E-state index contributed by atoms with van der Waals surface area (Å²) in [6, 6.07) is 16.2. The molecule has 0 unspecified atom stereocenters. The molecule has 0 aliphatic carbocycles. The first kappa shape index (κ1) is 18.7. The van der Waals surface area contributed by atoms with E-state index in [2.05, 4.69) is 35.3 Å². The number of amides is 1. The Morgan fingerprint density at radius 1 is 1.18 bits per heavy atom. The first-order valence-electron chi connectivity index (χ1n) is 9.46. The van der Waals surface area contributed by atoms with Crippen LogP contribution in [0.3, 0.4) is 0 Å². The van der Waals surface area contributed by atoms with Crippen molar-refractivity contribution in [3.05, 3.63) is 80.9 Å². The van der Waals surface area contributed by atoms with Crippen molar-refractivity contribution in [2.24, 2.45) is 0 Å². The van der Waals surface area contributed by atoms with Crippen molar-refractivity contribution in [2.75, 3.05) is 20.6 Å². The molecule has 0 N–H and O–H groups in total. The quantitative estimate of drug-likeness (QED) is 0.627. The van der Waals surface area contributed by atoms with Gasteiger partial charge >= 0.3 is 0 Å². The third-order valence-electron chi connectivity index (χ3n) is 4.75. The molecular weight excluding hydrogens is 368 g/mol. The number of nitrogens with zero attached hydrogens (tertiary/aromatic N) is 2. The third-order valence-corrected chi connectivity index (χ3v) is 5.79. The molecule has 2 aromatic heterocycles. The molecule has 4 nitrogen and oxygen atoms in total. The minimum absolute atomic E-state index is 0.102. The van der Waals surface area contributed by atoms with Gasteiger partial charge < -0.3 is 14.2 Å². The maximum absolute atomic E-state index is 13.0. The SMILES string of the molecule is CN(C)Cc1cc2c(o1)CCN(C(=O)c1ccc(/C=C/c3ccccc3)s1)C2. The van der Waals surface area contributed by atoms with Gasteiger partial charge in [0.25, 0.3) is 5.91 Å². The molecule has 0 bridgehead atoms. The topological polar surface area (TPSA) is 36.7 Å². The van der Waals surface area contributed by atoms with E-state index in [1.54, 1.807) is 11.3 Å². The number of benzene rings is 1. The minimum atomic E-state index is 0.102. The second-order valence-corrected chi connectivity index (χ2v) is 8.44. The number of carbonyl (C=O) groups excluding carboxylic acids is 1. The van der Waals surface area contributed by atoms with Gasteiger partial charge in [0.05, 0.1) is 11.4 Å². The number of carbonyl (C=O) groups is 1. The Bertz CT molecular complexity index is 985. The molecule has 0 fully saturated rings. The Morgan fingerprint density at radius 2 is 2.00 bits per heavy atom. The molecule has 3 heterocycles. The van der Waals surface area contributed by atoms with Crippen LogP contribution in [0.25, 0.3) is 12.2 Å². The Balaban J connectivity index is 1.43. The molecule has 28 heavy (non-hydrogen) atoms. The molecule has 0 saturated carbocycles. The van der Waals surface area contributed by atoms with Crippen molar-refractivity contribution in [3.63, 3.8) is 0 Å². The monoisotopic (exact) mass is 392 g/mol. The highest BCUT2D eigenvalue weighted by atomic mass is 32.1. The van der Waals surface area contributed by atoms with Gasteiger partial charge in [0.2, 0.25) is 0 Å². The van der Waals surface area contributed by atoms with Crippen LogP contribution in [0.5, 0.6) is 0 Å². The van der Waals surface area contributed by atoms with Crippen LogP contribution in [0.4, 0.5) is 0 Å². The fourth-order valence-electron chi connectivity index (χ4n) is 3.41. The van der Waals surface area contributed by atoms with E-state index in [9.17, 15) is 4.79 Å². The highest BCUT2D eigenvalue weighted by Crippen LogP contribution is 2.27. The standard InChI is InChI=1S/C23H24N2O2S/c1-24(2)16-19-14-18-15-25(13-12-21(18)27-19)23(26)22-11-10-20(28-22)9-8-17-6-4-3-5-7-17/h3-11,14H,12-13,15-16H2,1-2H3/b9-8+. The van der Waals surface area contributed by atoms with Crippen molar-refractivity contribution in [2.45, 2.75) is 19.5 Å². The van der Waals surface area contributed by atoms with Gasteiger partial charge in [-0.15, -0.1) is 11.3 Å². The molecule has 0 atom stereocenters. The highest BCUT2D eigenvalue weighted by Gasteiger charge is 2.25. The number of thiophene rings is 1. The molecule has 0 saturated heterocycles. The second kappa shape index (κ2) is 8.17. The molecule has 0 spiro atoms.